The summed E-state index contributed by atoms with van der Waals surface area (Å²) in [4.78, 5) is 65.2. The van der Waals surface area contributed by atoms with Gasteiger partial charge in [0.25, 0.3) is 0 Å². The van der Waals surface area contributed by atoms with Gasteiger partial charge in [0.15, 0.2) is 0 Å². The molecule has 6 atom stereocenters. The minimum Gasteiger partial charge on any atom is -0.453 e. The van der Waals surface area contributed by atoms with E-state index in [0.29, 0.717) is 12.8 Å². The number of aryl methyl sites for hydroxylation is 1. The SMILES string of the molecule is COC(=O)N[C@H](C(=O)N[C@H](Cc1ccc(-c2ccccn2)cc1)C[C@H](O)[C@H](Cc1ccccc1)NC(=O)[C@H](C1CNC(=O)N1Cc1cccc(C)n1)C(C)(C)C)C(C)(C)C. The molecule has 1 saturated heterocycles. The lowest BCUT2D eigenvalue weighted by atomic mass is 9.75. The zero-order valence-electron chi connectivity index (χ0n) is 36.1. The van der Waals surface area contributed by atoms with Gasteiger partial charge in [-0.25, -0.2) is 9.59 Å². The van der Waals surface area contributed by atoms with E-state index in [1.54, 1.807) is 11.1 Å². The molecule has 1 fully saturated rings. The predicted octanol–water partition coefficient (Wildman–Crippen LogP) is 5.98. The van der Waals surface area contributed by atoms with Crippen LogP contribution in [0.25, 0.3) is 11.3 Å². The number of urea groups is 1. The summed E-state index contributed by atoms with van der Waals surface area (Å²) in [6, 6.07) is 25.7. The molecule has 4 aromatic rings. The summed E-state index contributed by atoms with van der Waals surface area (Å²) in [6.45, 7) is 13.9. The number of benzene rings is 2. The summed E-state index contributed by atoms with van der Waals surface area (Å²) in [5.74, 6) is -1.41. The number of aromatic nitrogens is 2. The summed E-state index contributed by atoms with van der Waals surface area (Å²) in [7, 11) is 1.24. The summed E-state index contributed by atoms with van der Waals surface area (Å²) in [5.41, 5.74) is 3.84. The summed E-state index contributed by atoms with van der Waals surface area (Å²) < 4.78 is 4.85. The van der Waals surface area contributed by atoms with Crippen molar-refractivity contribution in [2.24, 2.45) is 16.7 Å². The lowest BCUT2D eigenvalue weighted by molar-refractivity contribution is -0.132. The first-order valence-electron chi connectivity index (χ1n) is 20.6. The van der Waals surface area contributed by atoms with Crippen molar-refractivity contribution in [3.8, 4) is 11.3 Å². The number of aliphatic hydroxyl groups is 1. The van der Waals surface area contributed by atoms with Crippen LogP contribution in [0.3, 0.4) is 0 Å². The Morgan fingerprint density at radius 3 is 2.13 bits per heavy atom. The molecular weight excluding hydrogens is 759 g/mol. The van der Waals surface area contributed by atoms with Gasteiger partial charge in [-0.15, -0.1) is 0 Å². The number of carbonyl (C=O) groups is 4. The van der Waals surface area contributed by atoms with Gasteiger partial charge in [0.1, 0.15) is 6.04 Å². The minimum atomic E-state index is -1.13. The van der Waals surface area contributed by atoms with Gasteiger partial charge in [0.2, 0.25) is 11.8 Å². The number of alkyl carbamates (subject to hydrolysis) is 1. The van der Waals surface area contributed by atoms with Gasteiger partial charge in [-0.05, 0) is 72.4 Å². The molecule has 0 spiro atoms. The number of nitrogens with one attached hydrogen (secondary N) is 4. The van der Waals surface area contributed by atoms with Crippen LogP contribution >= 0.6 is 0 Å². The van der Waals surface area contributed by atoms with E-state index >= 15 is 0 Å². The van der Waals surface area contributed by atoms with Crippen molar-refractivity contribution in [3.05, 3.63) is 120 Å². The number of amides is 5. The summed E-state index contributed by atoms with van der Waals surface area (Å²) >= 11 is 0. The van der Waals surface area contributed by atoms with Crippen molar-refractivity contribution in [1.29, 1.82) is 0 Å². The Morgan fingerprint density at radius 1 is 0.833 bits per heavy atom. The molecule has 3 heterocycles. The zero-order valence-corrected chi connectivity index (χ0v) is 36.1. The molecule has 5 rings (SSSR count). The molecule has 0 bridgehead atoms. The second-order valence-corrected chi connectivity index (χ2v) is 17.9. The maximum Gasteiger partial charge on any atom is 0.407 e. The second kappa shape index (κ2) is 20.0. The largest absolute Gasteiger partial charge is 0.453 e. The number of aliphatic hydroxyl groups excluding tert-OH is 1. The molecule has 1 unspecified atom stereocenters. The van der Waals surface area contributed by atoms with E-state index in [9.17, 15) is 24.3 Å². The molecule has 1 aliphatic heterocycles. The van der Waals surface area contributed by atoms with Gasteiger partial charge in [0, 0.05) is 30.0 Å². The van der Waals surface area contributed by atoms with E-state index in [0.717, 1.165) is 33.8 Å². The fraction of sp³-hybridized carbons (Fsp3) is 0.447. The molecular formula is C47H61N7O6. The molecule has 5 amide bonds. The van der Waals surface area contributed by atoms with Crippen molar-refractivity contribution in [2.45, 2.75) is 105 Å². The molecule has 0 aliphatic carbocycles. The Kier molecular flexibility index (Phi) is 15.1. The molecule has 2 aromatic carbocycles. The van der Waals surface area contributed by atoms with Gasteiger partial charge < -0.3 is 36.0 Å². The van der Waals surface area contributed by atoms with Crippen LogP contribution in [0.1, 0.15) is 70.5 Å². The smallest absolute Gasteiger partial charge is 0.407 e. The molecule has 13 heteroatoms. The monoisotopic (exact) mass is 819 g/mol. The standard InChI is InChI=1S/C47H61N7O6/c1-30-15-14-18-34(50-30)29-54-38(28-49-44(54)58)40(46(2,3)4)42(56)52-37(26-31-16-10-9-11-17-31)39(55)27-35(51-43(57)41(47(5,6)7)53-45(59)60-8)25-32-20-22-33(23-21-32)36-19-12-13-24-48-36/h9-24,35,37-41,55H,25-29H2,1-8H3,(H,49,58)(H,51,57)(H,52,56)(H,53,59)/t35-,37+,38?,39+,40+,41-/m1/s1. The number of hydrogen-bond donors (Lipinski definition) is 5. The van der Waals surface area contributed by atoms with Gasteiger partial charge in [-0.2, -0.15) is 0 Å². The molecule has 2 aromatic heterocycles. The van der Waals surface area contributed by atoms with E-state index in [1.165, 1.54) is 7.11 Å². The zero-order chi connectivity index (χ0) is 43.6. The average molecular weight is 820 g/mol. The van der Waals surface area contributed by atoms with Crippen LogP contribution in [0, 0.1) is 23.7 Å². The Balaban J connectivity index is 1.44. The highest BCUT2D eigenvalue weighted by Crippen LogP contribution is 2.34. The predicted molar refractivity (Wildman–Crippen MR) is 231 cm³/mol. The van der Waals surface area contributed by atoms with Crippen LogP contribution in [-0.2, 0) is 33.7 Å². The lowest BCUT2D eigenvalue weighted by Gasteiger charge is -2.39. The quantitative estimate of drug-likeness (QED) is 0.0918. The van der Waals surface area contributed by atoms with Crippen LogP contribution in [-0.4, -0.2) is 87.8 Å². The van der Waals surface area contributed by atoms with E-state index in [2.05, 4.69) is 31.2 Å². The third-order valence-electron chi connectivity index (χ3n) is 10.9. The normalized spacial score (nSPS) is 16.8. The van der Waals surface area contributed by atoms with Gasteiger partial charge in [-0.3, -0.25) is 19.6 Å². The number of carbonyl (C=O) groups excluding carboxylic acids is 4. The van der Waals surface area contributed by atoms with Gasteiger partial charge >= 0.3 is 12.1 Å². The summed E-state index contributed by atoms with van der Waals surface area (Å²) in [5, 5.41) is 24.2. The van der Waals surface area contributed by atoms with Crippen molar-refractivity contribution < 1.29 is 29.0 Å². The second-order valence-electron chi connectivity index (χ2n) is 17.9. The first kappa shape index (κ1) is 45.3. The third kappa shape index (κ3) is 12.4. The number of nitrogens with zero attached hydrogens (tertiary/aromatic N) is 3. The average Bonchev–Trinajstić information content (AvgIpc) is 3.54. The maximum absolute atomic E-state index is 14.7. The lowest BCUT2D eigenvalue weighted by Crippen LogP contribution is -2.57. The number of pyridine rings is 2. The van der Waals surface area contributed by atoms with Crippen LogP contribution < -0.4 is 21.3 Å². The van der Waals surface area contributed by atoms with Crippen LogP contribution in [0.15, 0.2) is 97.2 Å². The number of rotatable bonds is 16. The molecule has 60 heavy (non-hydrogen) atoms. The highest BCUT2D eigenvalue weighted by molar-refractivity contribution is 5.87. The van der Waals surface area contributed by atoms with Crippen LogP contribution in [0.2, 0.25) is 0 Å². The Bertz CT molecular complexity index is 2050. The van der Waals surface area contributed by atoms with Gasteiger partial charge in [-0.1, -0.05) is 108 Å². The fourth-order valence-electron chi connectivity index (χ4n) is 7.89. The first-order valence-corrected chi connectivity index (χ1v) is 20.6. The first-order chi connectivity index (χ1) is 28.4. The van der Waals surface area contributed by atoms with E-state index < -0.39 is 59.0 Å². The summed E-state index contributed by atoms with van der Waals surface area (Å²) in [6.07, 6.45) is 0.577. The Hall–Kier alpha value is -5.82. The fourth-order valence-corrected chi connectivity index (χ4v) is 7.89. The van der Waals surface area contributed by atoms with Crippen LogP contribution in [0.5, 0.6) is 0 Å². The molecule has 320 valence electrons. The van der Waals surface area contributed by atoms with Crippen molar-refractivity contribution in [2.75, 3.05) is 13.7 Å². The molecule has 1 aliphatic rings. The molecule has 0 saturated carbocycles. The maximum atomic E-state index is 14.7. The topological polar surface area (TPSA) is 175 Å². The molecule has 0 radical (unpaired) electrons. The van der Waals surface area contributed by atoms with E-state index in [1.807, 2.05) is 139 Å². The highest BCUT2D eigenvalue weighted by atomic mass is 16.5. The number of hydrogen-bond acceptors (Lipinski definition) is 8. The Morgan fingerprint density at radius 2 is 1.52 bits per heavy atom. The number of methoxy groups -OCH3 is 1. The third-order valence-corrected chi connectivity index (χ3v) is 10.9. The van der Waals surface area contributed by atoms with E-state index in [-0.39, 0.29) is 31.4 Å². The van der Waals surface area contributed by atoms with Gasteiger partial charge in [0.05, 0.1) is 49.1 Å². The Labute approximate surface area is 354 Å². The number of ether oxygens (including phenoxy) is 1. The van der Waals surface area contributed by atoms with Crippen molar-refractivity contribution >= 4 is 23.9 Å². The van der Waals surface area contributed by atoms with Crippen LogP contribution in [0.4, 0.5) is 9.59 Å². The highest BCUT2D eigenvalue weighted by Gasteiger charge is 2.46. The minimum absolute atomic E-state index is 0.0649. The van der Waals surface area contributed by atoms with Crippen molar-refractivity contribution in [1.82, 2.24) is 36.1 Å². The van der Waals surface area contributed by atoms with E-state index in [4.69, 9.17) is 4.74 Å². The molecule has 5 N–H and O–H groups in total. The van der Waals surface area contributed by atoms with Crippen molar-refractivity contribution in [3.63, 3.8) is 0 Å². The molecule has 13 nitrogen and oxygen atoms in total.